The van der Waals surface area contributed by atoms with Crippen LogP contribution in [-0.2, 0) is 24.4 Å². The molecule has 0 spiro atoms. The smallest absolute Gasteiger partial charge is 0.338 e. The van der Waals surface area contributed by atoms with E-state index in [-0.39, 0.29) is 47.2 Å². The van der Waals surface area contributed by atoms with Crippen LogP contribution in [0.3, 0.4) is 0 Å². The molecule has 0 saturated heterocycles. The Labute approximate surface area is 187 Å². The van der Waals surface area contributed by atoms with E-state index in [1.54, 1.807) is 18.4 Å². The van der Waals surface area contributed by atoms with Crippen molar-refractivity contribution in [2.45, 2.75) is 53.3 Å². The number of rotatable bonds is 10. The predicted octanol–water partition coefficient (Wildman–Crippen LogP) is 2.37. The van der Waals surface area contributed by atoms with Crippen LogP contribution in [0.25, 0.3) is 11.2 Å². The maximum atomic E-state index is 12.6. The largest absolute Gasteiger partial charge is 0.487 e. The van der Waals surface area contributed by atoms with Crippen LogP contribution in [-0.4, -0.2) is 36.6 Å². The number of aromatic nitrogens is 4. The van der Waals surface area contributed by atoms with Crippen molar-refractivity contribution in [3.05, 3.63) is 60.5 Å². The molecule has 1 aromatic carbocycles. The van der Waals surface area contributed by atoms with E-state index in [9.17, 15) is 24.5 Å². The summed E-state index contributed by atoms with van der Waals surface area (Å²) in [4.78, 5) is 54.7. The molecule has 0 bridgehead atoms. The molecule has 176 valence electrons. The molecule has 0 fully saturated rings. The minimum atomic E-state index is -0.798. The SMILES string of the molecule is CCCCn1c(=O)[nH]c(=O)c2c1nc(COC(=O)c1ccc(OCC)c([N+](=O)[O-])c1)n2CC. The number of hydrogen-bond donors (Lipinski definition) is 1. The number of carbonyl (C=O) groups is 1. The minimum absolute atomic E-state index is 0.0259. The first-order valence-corrected chi connectivity index (χ1v) is 10.6. The number of nitro benzene ring substituents is 1. The van der Waals surface area contributed by atoms with Gasteiger partial charge in [-0.15, -0.1) is 0 Å². The van der Waals surface area contributed by atoms with Gasteiger partial charge in [-0.25, -0.2) is 14.6 Å². The van der Waals surface area contributed by atoms with Gasteiger partial charge in [0.15, 0.2) is 16.9 Å². The molecule has 0 aliphatic rings. The van der Waals surface area contributed by atoms with E-state index >= 15 is 0 Å². The number of nitrogens with zero attached hydrogens (tertiary/aromatic N) is 4. The summed E-state index contributed by atoms with van der Waals surface area (Å²) in [7, 11) is 0. The second-order valence-electron chi connectivity index (χ2n) is 7.16. The lowest BCUT2D eigenvalue weighted by Crippen LogP contribution is -2.31. The molecule has 33 heavy (non-hydrogen) atoms. The summed E-state index contributed by atoms with van der Waals surface area (Å²) < 4.78 is 13.5. The number of unbranched alkanes of at least 4 members (excludes halogenated alkanes) is 1. The first-order chi connectivity index (χ1) is 15.8. The molecule has 1 N–H and O–H groups in total. The molecule has 3 aromatic rings. The van der Waals surface area contributed by atoms with Crippen molar-refractivity contribution in [3.8, 4) is 5.75 Å². The molecule has 0 atom stereocenters. The average Bonchev–Trinajstić information content (AvgIpc) is 3.16. The first kappa shape index (κ1) is 23.7. The van der Waals surface area contributed by atoms with Gasteiger partial charge in [-0.05, 0) is 32.4 Å². The number of carbonyl (C=O) groups excluding carboxylic acids is 1. The van der Waals surface area contributed by atoms with Crippen molar-refractivity contribution in [2.75, 3.05) is 6.61 Å². The highest BCUT2D eigenvalue weighted by Gasteiger charge is 2.22. The number of nitro groups is 1. The monoisotopic (exact) mass is 459 g/mol. The lowest BCUT2D eigenvalue weighted by atomic mass is 10.2. The van der Waals surface area contributed by atoms with Crippen molar-refractivity contribution in [1.29, 1.82) is 0 Å². The van der Waals surface area contributed by atoms with Gasteiger partial charge in [0.05, 0.1) is 17.1 Å². The fourth-order valence-electron chi connectivity index (χ4n) is 3.47. The average molecular weight is 459 g/mol. The molecule has 2 heterocycles. The number of hydrogen-bond acceptors (Lipinski definition) is 8. The van der Waals surface area contributed by atoms with Crippen LogP contribution in [0.5, 0.6) is 5.75 Å². The number of nitrogens with one attached hydrogen (secondary N) is 1. The van der Waals surface area contributed by atoms with Gasteiger partial charge < -0.3 is 14.0 Å². The van der Waals surface area contributed by atoms with E-state index in [1.165, 1.54) is 16.7 Å². The summed E-state index contributed by atoms with van der Waals surface area (Å²) in [5.41, 5.74) is -1.05. The van der Waals surface area contributed by atoms with E-state index < -0.39 is 22.1 Å². The fourth-order valence-corrected chi connectivity index (χ4v) is 3.47. The Morgan fingerprint density at radius 1 is 1.21 bits per heavy atom. The zero-order valence-electron chi connectivity index (χ0n) is 18.6. The second-order valence-corrected chi connectivity index (χ2v) is 7.16. The molecule has 3 rings (SSSR count). The normalized spacial score (nSPS) is 11.0. The number of aryl methyl sites for hydroxylation is 2. The summed E-state index contributed by atoms with van der Waals surface area (Å²) in [6.45, 7) is 6.16. The summed E-state index contributed by atoms with van der Waals surface area (Å²) in [5.74, 6) is -0.466. The Hall–Kier alpha value is -3.96. The highest BCUT2D eigenvalue weighted by molar-refractivity contribution is 5.90. The molecule has 0 radical (unpaired) electrons. The minimum Gasteiger partial charge on any atom is -0.487 e. The summed E-state index contributed by atoms with van der Waals surface area (Å²) in [6, 6.07) is 3.80. The Morgan fingerprint density at radius 3 is 2.61 bits per heavy atom. The Bertz CT molecular complexity index is 1300. The zero-order chi connectivity index (χ0) is 24.1. The molecule has 0 aliphatic carbocycles. The quantitative estimate of drug-likeness (QED) is 0.276. The van der Waals surface area contributed by atoms with Crippen molar-refractivity contribution in [1.82, 2.24) is 19.1 Å². The molecule has 0 unspecified atom stereocenters. The molecular weight excluding hydrogens is 434 g/mol. The van der Waals surface area contributed by atoms with E-state index in [0.29, 0.717) is 13.1 Å². The number of H-pyrrole nitrogens is 1. The summed E-state index contributed by atoms with van der Waals surface area (Å²) >= 11 is 0. The van der Waals surface area contributed by atoms with Gasteiger partial charge in [-0.3, -0.25) is 24.5 Å². The van der Waals surface area contributed by atoms with Crippen LogP contribution in [0.1, 0.15) is 49.8 Å². The molecule has 12 nitrogen and oxygen atoms in total. The van der Waals surface area contributed by atoms with Crippen molar-refractivity contribution in [3.63, 3.8) is 0 Å². The number of esters is 1. The van der Waals surface area contributed by atoms with Gasteiger partial charge in [0.25, 0.3) is 5.56 Å². The van der Waals surface area contributed by atoms with E-state index in [2.05, 4.69) is 9.97 Å². The Morgan fingerprint density at radius 2 is 1.97 bits per heavy atom. The maximum Gasteiger partial charge on any atom is 0.338 e. The van der Waals surface area contributed by atoms with Crippen molar-refractivity contribution in [2.24, 2.45) is 0 Å². The molecule has 0 amide bonds. The van der Waals surface area contributed by atoms with Gasteiger partial charge in [-0.2, -0.15) is 0 Å². The Kier molecular flexibility index (Phi) is 7.26. The van der Waals surface area contributed by atoms with Crippen LogP contribution >= 0.6 is 0 Å². The maximum absolute atomic E-state index is 12.6. The first-order valence-electron chi connectivity index (χ1n) is 10.6. The molecule has 0 aliphatic heterocycles. The topological polar surface area (TPSA) is 151 Å². The van der Waals surface area contributed by atoms with E-state index in [1.807, 2.05) is 6.92 Å². The number of aromatic amines is 1. The molecule has 0 saturated carbocycles. The van der Waals surface area contributed by atoms with Crippen LogP contribution in [0, 0.1) is 10.1 Å². The van der Waals surface area contributed by atoms with Gasteiger partial charge in [0.2, 0.25) is 0 Å². The molecule has 2 aromatic heterocycles. The van der Waals surface area contributed by atoms with Gasteiger partial charge >= 0.3 is 17.3 Å². The summed E-state index contributed by atoms with van der Waals surface area (Å²) in [5, 5.41) is 11.3. The van der Waals surface area contributed by atoms with Crippen LogP contribution < -0.4 is 16.0 Å². The predicted molar refractivity (Wildman–Crippen MR) is 119 cm³/mol. The fraction of sp³-hybridized carbons (Fsp3) is 0.429. The van der Waals surface area contributed by atoms with Gasteiger partial charge in [0, 0.05) is 19.2 Å². The lowest BCUT2D eigenvalue weighted by molar-refractivity contribution is -0.385. The van der Waals surface area contributed by atoms with Crippen molar-refractivity contribution >= 4 is 22.8 Å². The number of benzene rings is 1. The number of ether oxygens (including phenoxy) is 2. The highest BCUT2D eigenvalue weighted by atomic mass is 16.6. The second kappa shape index (κ2) is 10.1. The van der Waals surface area contributed by atoms with E-state index in [0.717, 1.165) is 18.9 Å². The van der Waals surface area contributed by atoms with Crippen LogP contribution in [0.2, 0.25) is 0 Å². The summed E-state index contributed by atoms with van der Waals surface area (Å²) in [6.07, 6.45) is 1.57. The molecule has 12 heteroatoms. The van der Waals surface area contributed by atoms with E-state index in [4.69, 9.17) is 9.47 Å². The third kappa shape index (κ3) is 4.78. The zero-order valence-corrected chi connectivity index (χ0v) is 18.6. The van der Waals surface area contributed by atoms with Gasteiger partial charge in [0.1, 0.15) is 12.4 Å². The number of fused-ring (bicyclic) bond motifs is 1. The third-order valence-electron chi connectivity index (χ3n) is 5.04. The molecular formula is C21H25N5O7. The highest BCUT2D eigenvalue weighted by Crippen LogP contribution is 2.28. The Balaban J connectivity index is 1.92. The van der Waals surface area contributed by atoms with Crippen molar-refractivity contribution < 1.29 is 19.2 Å². The third-order valence-corrected chi connectivity index (χ3v) is 5.04. The lowest BCUT2D eigenvalue weighted by Gasteiger charge is -2.08. The van der Waals surface area contributed by atoms with Crippen LogP contribution in [0.15, 0.2) is 27.8 Å². The number of imidazole rings is 1. The van der Waals surface area contributed by atoms with Gasteiger partial charge in [-0.1, -0.05) is 13.3 Å². The van der Waals surface area contributed by atoms with Crippen LogP contribution in [0.4, 0.5) is 5.69 Å². The standard InChI is InChI=1S/C21H25N5O7/c1-4-7-10-25-18-17(19(27)23-21(25)29)24(5-2)16(22-18)12-33-20(28)13-8-9-15(32-6-3)14(11-13)26(30)31/h8-9,11H,4-7,10,12H2,1-3H3,(H,23,27,29).